The molecule has 1 unspecified atom stereocenters. The van der Waals surface area contributed by atoms with Gasteiger partial charge in [0, 0.05) is 23.8 Å². The van der Waals surface area contributed by atoms with Gasteiger partial charge in [-0.15, -0.1) is 0 Å². The summed E-state index contributed by atoms with van der Waals surface area (Å²) in [7, 11) is 0. The minimum absolute atomic E-state index is 0.205. The maximum absolute atomic E-state index is 12.7. The van der Waals surface area contributed by atoms with Gasteiger partial charge >= 0.3 is 6.18 Å². The molecule has 3 aromatic rings. The number of carbonyl (C=O) groups excluding carboxylic acids is 1. The fourth-order valence-corrected chi connectivity index (χ4v) is 2.51. The monoisotopic (exact) mass is 386 g/mol. The van der Waals surface area contributed by atoms with Gasteiger partial charge < -0.3 is 10.6 Å². The molecule has 2 aromatic heterocycles. The van der Waals surface area contributed by atoms with Crippen molar-refractivity contribution in [2.45, 2.75) is 19.0 Å². The Hall–Kier alpha value is -3.42. The summed E-state index contributed by atoms with van der Waals surface area (Å²) in [4.78, 5) is 19.7. The van der Waals surface area contributed by atoms with Crippen LogP contribution in [0.15, 0.2) is 67.0 Å². The SMILES string of the molecule is CC(C(=O)Nc1ccccn1)c1ccc(Nc2ccnc(C(F)(F)F)c2)cc1. The number of hydrogen-bond donors (Lipinski definition) is 2. The maximum Gasteiger partial charge on any atom is 0.433 e. The Morgan fingerprint density at radius 2 is 1.71 bits per heavy atom. The normalized spacial score (nSPS) is 12.3. The molecule has 3 rings (SSSR count). The highest BCUT2D eigenvalue weighted by molar-refractivity contribution is 5.94. The van der Waals surface area contributed by atoms with Crippen LogP contribution in [0.25, 0.3) is 0 Å². The molecule has 2 heterocycles. The summed E-state index contributed by atoms with van der Waals surface area (Å²) in [6.07, 6.45) is -1.81. The number of halogens is 3. The number of anilines is 3. The van der Waals surface area contributed by atoms with Gasteiger partial charge in [0.1, 0.15) is 11.5 Å². The van der Waals surface area contributed by atoms with Gasteiger partial charge in [-0.1, -0.05) is 18.2 Å². The van der Waals surface area contributed by atoms with Crippen molar-refractivity contribution in [3.05, 3.63) is 78.2 Å². The Labute approximate surface area is 159 Å². The van der Waals surface area contributed by atoms with E-state index in [9.17, 15) is 18.0 Å². The minimum Gasteiger partial charge on any atom is -0.355 e. The third kappa shape index (κ3) is 4.85. The van der Waals surface area contributed by atoms with Crippen molar-refractivity contribution in [2.75, 3.05) is 10.6 Å². The smallest absolute Gasteiger partial charge is 0.355 e. The van der Waals surface area contributed by atoms with E-state index in [-0.39, 0.29) is 11.6 Å². The first-order valence-electron chi connectivity index (χ1n) is 8.45. The molecule has 0 aliphatic carbocycles. The van der Waals surface area contributed by atoms with Gasteiger partial charge in [-0.05, 0) is 48.9 Å². The summed E-state index contributed by atoms with van der Waals surface area (Å²) in [5.41, 5.74) is 0.676. The molecule has 0 radical (unpaired) electrons. The number of benzene rings is 1. The highest BCUT2D eigenvalue weighted by Gasteiger charge is 2.32. The van der Waals surface area contributed by atoms with E-state index in [4.69, 9.17) is 0 Å². The third-order valence-corrected chi connectivity index (χ3v) is 4.06. The van der Waals surface area contributed by atoms with Crippen molar-refractivity contribution in [3.63, 3.8) is 0 Å². The quantitative estimate of drug-likeness (QED) is 0.649. The van der Waals surface area contributed by atoms with Gasteiger partial charge in [-0.25, -0.2) is 4.98 Å². The lowest BCUT2D eigenvalue weighted by Crippen LogP contribution is -2.19. The van der Waals surface area contributed by atoms with Crippen LogP contribution in [0.1, 0.15) is 24.1 Å². The lowest BCUT2D eigenvalue weighted by atomic mass is 10.00. The van der Waals surface area contributed by atoms with E-state index in [2.05, 4.69) is 20.6 Å². The number of alkyl halides is 3. The van der Waals surface area contributed by atoms with Crippen LogP contribution >= 0.6 is 0 Å². The second-order valence-corrected chi connectivity index (χ2v) is 6.10. The highest BCUT2D eigenvalue weighted by Crippen LogP contribution is 2.30. The van der Waals surface area contributed by atoms with Crippen molar-refractivity contribution in [2.24, 2.45) is 0 Å². The number of amides is 1. The van der Waals surface area contributed by atoms with Crippen LogP contribution < -0.4 is 10.6 Å². The fourth-order valence-electron chi connectivity index (χ4n) is 2.51. The van der Waals surface area contributed by atoms with E-state index < -0.39 is 17.8 Å². The maximum atomic E-state index is 12.7. The molecule has 0 aliphatic heterocycles. The Kier molecular flexibility index (Phi) is 5.58. The van der Waals surface area contributed by atoms with Crippen molar-refractivity contribution < 1.29 is 18.0 Å². The first-order chi connectivity index (χ1) is 13.3. The van der Waals surface area contributed by atoms with Crippen molar-refractivity contribution in [1.82, 2.24) is 9.97 Å². The summed E-state index contributed by atoms with van der Waals surface area (Å²) >= 11 is 0. The number of nitrogens with zero attached hydrogens (tertiary/aromatic N) is 2. The first-order valence-corrected chi connectivity index (χ1v) is 8.45. The highest BCUT2D eigenvalue weighted by atomic mass is 19.4. The van der Waals surface area contributed by atoms with E-state index in [1.165, 1.54) is 6.07 Å². The predicted molar refractivity (Wildman–Crippen MR) is 100 cm³/mol. The number of nitrogens with one attached hydrogen (secondary N) is 2. The number of pyridine rings is 2. The summed E-state index contributed by atoms with van der Waals surface area (Å²) in [6, 6.07) is 14.5. The molecule has 0 saturated carbocycles. The van der Waals surface area contributed by atoms with E-state index in [0.29, 0.717) is 11.5 Å². The molecule has 0 bridgehead atoms. The van der Waals surface area contributed by atoms with Gasteiger partial charge in [0.15, 0.2) is 0 Å². The molecule has 0 fully saturated rings. The molecule has 2 N–H and O–H groups in total. The van der Waals surface area contributed by atoms with Crippen LogP contribution in [0.3, 0.4) is 0 Å². The van der Waals surface area contributed by atoms with Crippen LogP contribution in [-0.4, -0.2) is 15.9 Å². The van der Waals surface area contributed by atoms with Gasteiger partial charge in [0.05, 0.1) is 5.92 Å². The summed E-state index contributed by atoms with van der Waals surface area (Å²) in [5, 5.41) is 5.64. The van der Waals surface area contributed by atoms with Crippen LogP contribution in [0, 0.1) is 0 Å². The number of aromatic nitrogens is 2. The summed E-state index contributed by atoms with van der Waals surface area (Å²) in [5.74, 6) is -0.159. The van der Waals surface area contributed by atoms with Gasteiger partial charge in [0.2, 0.25) is 5.91 Å². The van der Waals surface area contributed by atoms with Gasteiger partial charge in [0.25, 0.3) is 0 Å². The lowest BCUT2D eigenvalue weighted by Gasteiger charge is -2.14. The molecular weight excluding hydrogens is 369 g/mol. The molecule has 144 valence electrons. The van der Waals surface area contributed by atoms with E-state index in [1.54, 1.807) is 55.6 Å². The standard InChI is InChI=1S/C20H17F3N4O/c1-13(19(28)27-18-4-2-3-10-25-18)14-5-7-15(8-6-14)26-16-9-11-24-17(12-16)20(21,22)23/h2-13H,1H3,(H,24,26)(H,25,27,28). The van der Waals surface area contributed by atoms with Crippen LogP contribution in [0.2, 0.25) is 0 Å². The second kappa shape index (κ2) is 8.08. The molecule has 1 aromatic carbocycles. The fraction of sp³-hybridized carbons (Fsp3) is 0.150. The third-order valence-electron chi connectivity index (χ3n) is 4.06. The predicted octanol–water partition coefficient (Wildman–Crippen LogP) is 4.98. The molecule has 0 aliphatic rings. The molecule has 0 spiro atoms. The number of carbonyl (C=O) groups is 1. The Morgan fingerprint density at radius 3 is 2.36 bits per heavy atom. The largest absolute Gasteiger partial charge is 0.433 e. The summed E-state index contributed by atoms with van der Waals surface area (Å²) < 4.78 is 38.2. The molecule has 28 heavy (non-hydrogen) atoms. The van der Waals surface area contributed by atoms with Crippen molar-refractivity contribution in [3.8, 4) is 0 Å². The topological polar surface area (TPSA) is 66.9 Å². The molecular formula is C20H17F3N4O. The zero-order valence-electron chi connectivity index (χ0n) is 14.9. The zero-order valence-corrected chi connectivity index (χ0v) is 14.9. The Bertz CT molecular complexity index is 944. The van der Waals surface area contributed by atoms with Crippen molar-refractivity contribution >= 4 is 23.1 Å². The van der Waals surface area contributed by atoms with Crippen LogP contribution in [0.5, 0.6) is 0 Å². The molecule has 0 saturated heterocycles. The van der Waals surface area contributed by atoms with Gasteiger partial charge in [-0.2, -0.15) is 13.2 Å². The minimum atomic E-state index is -4.50. The number of hydrogen-bond acceptors (Lipinski definition) is 4. The summed E-state index contributed by atoms with van der Waals surface area (Å²) in [6.45, 7) is 1.76. The van der Waals surface area contributed by atoms with E-state index in [0.717, 1.165) is 17.8 Å². The average molecular weight is 386 g/mol. The first kappa shape index (κ1) is 19.3. The molecule has 5 nitrogen and oxygen atoms in total. The van der Waals surface area contributed by atoms with Crippen molar-refractivity contribution in [1.29, 1.82) is 0 Å². The molecule has 8 heteroatoms. The zero-order chi connectivity index (χ0) is 20.1. The van der Waals surface area contributed by atoms with Crippen LogP contribution in [0.4, 0.5) is 30.4 Å². The number of rotatable bonds is 5. The lowest BCUT2D eigenvalue weighted by molar-refractivity contribution is -0.141. The Balaban J connectivity index is 1.67. The molecule has 1 atom stereocenters. The van der Waals surface area contributed by atoms with Gasteiger partial charge in [-0.3, -0.25) is 9.78 Å². The van der Waals surface area contributed by atoms with E-state index in [1.807, 2.05) is 0 Å². The average Bonchev–Trinajstić information content (AvgIpc) is 2.68. The molecule has 1 amide bonds. The second-order valence-electron chi connectivity index (χ2n) is 6.10. The van der Waals surface area contributed by atoms with E-state index >= 15 is 0 Å². The van der Waals surface area contributed by atoms with Crippen LogP contribution in [-0.2, 0) is 11.0 Å². The Morgan fingerprint density at radius 1 is 0.964 bits per heavy atom.